The molecule has 0 spiro atoms. The van der Waals surface area contributed by atoms with E-state index in [4.69, 9.17) is 0 Å². The van der Waals surface area contributed by atoms with Crippen molar-refractivity contribution < 1.29 is 14.0 Å². The summed E-state index contributed by atoms with van der Waals surface area (Å²) in [5.74, 6) is -0.458. The van der Waals surface area contributed by atoms with Gasteiger partial charge in [0.1, 0.15) is 18.4 Å². The molecule has 0 aliphatic rings. The van der Waals surface area contributed by atoms with Gasteiger partial charge in [-0.2, -0.15) is 4.80 Å². The molecule has 8 nitrogen and oxygen atoms in total. The van der Waals surface area contributed by atoms with Gasteiger partial charge in [0.2, 0.25) is 11.7 Å². The Morgan fingerprint density at radius 3 is 2.52 bits per heavy atom. The van der Waals surface area contributed by atoms with Crippen LogP contribution < -0.4 is 10.2 Å². The Hall–Kier alpha value is -3.62. The lowest BCUT2D eigenvalue weighted by atomic mass is 10.1. The van der Waals surface area contributed by atoms with Crippen LogP contribution in [0.1, 0.15) is 32.8 Å². The Balaban J connectivity index is 1.79. The van der Waals surface area contributed by atoms with Gasteiger partial charge in [-0.1, -0.05) is 49.7 Å². The van der Waals surface area contributed by atoms with E-state index in [0.29, 0.717) is 18.3 Å². The standard InChI is InChI=1S/C24H29FN6O2/c1-16(2)12-13-26-24(33)18(4)31(21-7-5-6-20(25)14-21)22(32)15-30-28-23(27-29-30)19-10-8-17(3)9-11-19/h5-11,14,16,18H,12-13,15H2,1-4H3,(H,26,33)/t18-/m1/s1. The lowest BCUT2D eigenvalue weighted by molar-refractivity contribution is -0.126. The summed E-state index contributed by atoms with van der Waals surface area (Å²) in [5, 5.41) is 15.1. The molecule has 1 atom stereocenters. The summed E-state index contributed by atoms with van der Waals surface area (Å²) in [7, 11) is 0. The molecule has 0 unspecified atom stereocenters. The van der Waals surface area contributed by atoms with Crippen molar-refractivity contribution in [3.63, 3.8) is 0 Å². The predicted molar refractivity (Wildman–Crippen MR) is 124 cm³/mol. The second-order valence-corrected chi connectivity index (χ2v) is 8.40. The molecule has 0 saturated carbocycles. The lowest BCUT2D eigenvalue weighted by Crippen LogP contribution is -2.49. The highest BCUT2D eigenvalue weighted by molar-refractivity contribution is 6.00. The third kappa shape index (κ3) is 6.44. The van der Waals surface area contributed by atoms with E-state index in [2.05, 4.69) is 34.6 Å². The highest BCUT2D eigenvalue weighted by Gasteiger charge is 2.28. The van der Waals surface area contributed by atoms with E-state index in [0.717, 1.165) is 17.5 Å². The third-order valence-electron chi connectivity index (χ3n) is 5.18. The van der Waals surface area contributed by atoms with E-state index < -0.39 is 17.8 Å². The van der Waals surface area contributed by atoms with Gasteiger partial charge in [0.25, 0.3) is 5.91 Å². The fraction of sp³-hybridized carbons (Fsp3) is 0.375. The van der Waals surface area contributed by atoms with Crippen LogP contribution in [0.3, 0.4) is 0 Å². The number of nitrogens with one attached hydrogen (secondary N) is 1. The maximum absolute atomic E-state index is 13.9. The van der Waals surface area contributed by atoms with Gasteiger partial charge in [-0.05, 0) is 49.6 Å². The van der Waals surface area contributed by atoms with Crippen LogP contribution in [0.2, 0.25) is 0 Å². The van der Waals surface area contributed by atoms with Gasteiger partial charge >= 0.3 is 0 Å². The van der Waals surface area contributed by atoms with Gasteiger partial charge < -0.3 is 5.32 Å². The maximum atomic E-state index is 13.9. The molecule has 33 heavy (non-hydrogen) atoms. The normalized spacial score (nSPS) is 11.9. The fourth-order valence-corrected chi connectivity index (χ4v) is 3.28. The first-order chi connectivity index (χ1) is 15.7. The summed E-state index contributed by atoms with van der Waals surface area (Å²) in [6, 6.07) is 12.4. The Morgan fingerprint density at radius 2 is 1.85 bits per heavy atom. The zero-order chi connectivity index (χ0) is 24.0. The number of aromatic nitrogens is 4. The van der Waals surface area contributed by atoms with E-state index >= 15 is 0 Å². The molecular formula is C24H29FN6O2. The SMILES string of the molecule is Cc1ccc(-c2nnn(CC(=O)N(c3cccc(F)c3)[C@H](C)C(=O)NCCC(C)C)n2)cc1. The van der Waals surface area contributed by atoms with E-state index in [9.17, 15) is 14.0 Å². The smallest absolute Gasteiger partial charge is 0.251 e. The number of hydrogen-bond acceptors (Lipinski definition) is 5. The maximum Gasteiger partial charge on any atom is 0.251 e. The van der Waals surface area contributed by atoms with Gasteiger partial charge in [0.15, 0.2) is 0 Å². The molecule has 0 saturated heterocycles. The van der Waals surface area contributed by atoms with Gasteiger partial charge in [-0.3, -0.25) is 14.5 Å². The summed E-state index contributed by atoms with van der Waals surface area (Å²) in [6.07, 6.45) is 0.817. The lowest BCUT2D eigenvalue weighted by Gasteiger charge is -2.28. The van der Waals surface area contributed by atoms with Crippen LogP contribution in [0.4, 0.5) is 10.1 Å². The fourth-order valence-electron chi connectivity index (χ4n) is 3.28. The number of benzene rings is 2. The minimum atomic E-state index is -0.855. The van der Waals surface area contributed by atoms with Crippen molar-refractivity contribution in [1.82, 2.24) is 25.5 Å². The average molecular weight is 453 g/mol. The Morgan fingerprint density at radius 1 is 1.12 bits per heavy atom. The summed E-state index contributed by atoms with van der Waals surface area (Å²) in [5.41, 5.74) is 2.16. The van der Waals surface area contributed by atoms with E-state index in [1.165, 1.54) is 27.9 Å². The summed E-state index contributed by atoms with van der Waals surface area (Å²) < 4.78 is 13.9. The molecular weight excluding hydrogens is 423 g/mol. The minimum absolute atomic E-state index is 0.251. The molecule has 1 heterocycles. The van der Waals surface area contributed by atoms with Crippen LogP contribution in [0.25, 0.3) is 11.4 Å². The molecule has 0 bridgehead atoms. The molecule has 3 rings (SSSR count). The van der Waals surface area contributed by atoms with Crippen molar-refractivity contribution in [1.29, 1.82) is 0 Å². The molecule has 9 heteroatoms. The number of hydrogen-bond donors (Lipinski definition) is 1. The van der Waals surface area contributed by atoms with E-state index in [1.807, 2.05) is 31.2 Å². The van der Waals surface area contributed by atoms with E-state index in [-0.39, 0.29) is 18.1 Å². The zero-order valence-corrected chi connectivity index (χ0v) is 19.3. The molecule has 3 aromatic rings. The minimum Gasteiger partial charge on any atom is -0.354 e. The number of aryl methyl sites for hydroxylation is 1. The highest BCUT2D eigenvalue weighted by Crippen LogP contribution is 2.20. The van der Waals surface area contributed by atoms with Crippen LogP contribution in [0, 0.1) is 18.7 Å². The molecule has 1 N–H and O–H groups in total. The molecule has 174 valence electrons. The van der Waals surface area contributed by atoms with Crippen LogP contribution in [0.15, 0.2) is 48.5 Å². The van der Waals surface area contributed by atoms with Crippen molar-refractivity contribution in [2.24, 2.45) is 5.92 Å². The van der Waals surface area contributed by atoms with Crippen molar-refractivity contribution in [3.8, 4) is 11.4 Å². The molecule has 1 aromatic heterocycles. The molecule has 2 aromatic carbocycles. The Labute approximate surface area is 192 Å². The van der Waals surface area contributed by atoms with Crippen molar-refractivity contribution in [2.45, 2.75) is 46.7 Å². The van der Waals surface area contributed by atoms with Gasteiger partial charge in [-0.15, -0.1) is 10.2 Å². The number of amides is 2. The van der Waals surface area contributed by atoms with Crippen LogP contribution in [-0.2, 0) is 16.1 Å². The summed E-state index contributed by atoms with van der Waals surface area (Å²) in [6.45, 7) is 7.96. The van der Waals surface area contributed by atoms with Gasteiger partial charge in [-0.25, -0.2) is 4.39 Å². The number of nitrogens with zero attached hydrogens (tertiary/aromatic N) is 5. The number of halogens is 1. The van der Waals surface area contributed by atoms with Crippen LogP contribution in [-0.4, -0.2) is 44.6 Å². The van der Waals surface area contributed by atoms with Crippen molar-refractivity contribution in [3.05, 3.63) is 59.9 Å². The second kappa shape index (κ2) is 10.8. The predicted octanol–water partition coefficient (Wildman–Crippen LogP) is 3.37. The van der Waals surface area contributed by atoms with E-state index in [1.54, 1.807) is 13.0 Å². The number of tetrazole rings is 1. The first-order valence-corrected chi connectivity index (χ1v) is 10.9. The first kappa shape index (κ1) is 24.0. The highest BCUT2D eigenvalue weighted by atomic mass is 19.1. The quantitative estimate of drug-likeness (QED) is 0.537. The number of carbonyl (C=O) groups is 2. The topological polar surface area (TPSA) is 93.0 Å². The van der Waals surface area contributed by atoms with Gasteiger partial charge in [0, 0.05) is 17.8 Å². The Bertz CT molecular complexity index is 1100. The first-order valence-electron chi connectivity index (χ1n) is 10.9. The van der Waals surface area contributed by atoms with Crippen molar-refractivity contribution >= 4 is 17.5 Å². The monoisotopic (exact) mass is 452 g/mol. The average Bonchev–Trinajstić information content (AvgIpc) is 3.22. The molecule has 2 amide bonds. The summed E-state index contributed by atoms with van der Waals surface area (Å²) in [4.78, 5) is 28.4. The van der Waals surface area contributed by atoms with Crippen molar-refractivity contribution in [2.75, 3.05) is 11.4 Å². The van der Waals surface area contributed by atoms with Crippen LogP contribution >= 0.6 is 0 Å². The summed E-state index contributed by atoms with van der Waals surface area (Å²) >= 11 is 0. The van der Waals surface area contributed by atoms with Crippen LogP contribution in [0.5, 0.6) is 0 Å². The number of anilines is 1. The molecule has 0 aliphatic heterocycles. The largest absolute Gasteiger partial charge is 0.354 e. The van der Waals surface area contributed by atoms with Gasteiger partial charge in [0.05, 0.1) is 0 Å². The second-order valence-electron chi connectivity index (χ2n) is 8.40. The zero-order valence-electron chi connectivity index (χ0n) is 19.3. The Kier molecular flexibility index (Phi) is 7.87. The molecule has 0 radical (unpaired) electrons. The third-order valence-corrected chi connectivity index (χ3v) is 5.18. The molecule has 0 fully saturated rings. The number of carbonyl (C=O) groups excluding carboxylic acids is 2. The number of rotatable bonds is 9. The molecule has 0 aliphatic carbocycles.